The van der Waals surface area contributed by atoms with E-state index in [4.69, 9.17) is 16.6 Å². The summed E-state index contributed by atoms with van der Waals surface area (Å²) in [6.45, 7) is -0.868. The lowest BCUT2D eigenvalue weighted by Gasteiger charge is -2.23. The first-order valence-electron chi connectivity index (χ1n) is 10.2. The molecule has 1 aromatic carbocycles. The molecular weight excluding hydrogens is 470 g/mol. The Morgan fingerprint density at radius 2 is 1.44 bits per heavy atom. The Labute approximate surface area is 200 Å². The van der Waals surface area contributed by atoms with E-state index in [1.165, 1.54) is 12.1 Å². The highest BCUT2D eigenvalue weighted by Gasteiger charge is 2.29. The van der Waals surface area contributed by atoms with Crippen LogP contribution in [0.4, 0.5) is 0 Å². The van der Waals surface area contributed by atoms with E-state index < -0.39 is 60.4 Å². The van der Waals surface area contributed by atoms with Crippen LogP contribution in [-0.4, -0.2) is 81.4 Å². The first kappa shape index (κ1) is 28.7. The number of phenols is 1. The predicted molar refractivity (Wildman–Crippen MR) is 123 cm³/mol. The monoisotopic (exact) mass is 499 g/mol. The standard InChI is InChI=1S/C20H29N5O8S/c21-12(7-10-1-3-11(27)4-2-10)17(29)25-15(9-34)19(31)24-14(8-26)18(30)23-13(20(32)33)5-6-16(22)28/h1-4,12-15,26-27,34H,5-9,21H2,(H2,22,28)(H,23,30)(H,24,31)(H,25,29)(H,32,33). The molecule has 188 valence electrons. The molecule has 4 atom stereocenters. The quantitative estimate of drug-likeness (QED) is 0.118. The zero-order chi connectivity index (χ0) is 25.8. The summed E-state index contributed by atoms with van der Waals surface area (Å²) >= 11 is 4.01. The molecule has 0 radical (unpaired) electrons. The van der Waals surface area contributed by atoms with Gasteiger partial charge in [0.25, 0.3) is 0 Å². The Bertz CT molecular complexity index is 882. The Balaban J connectivity index is 2.71. The summed E-state index contributed by atoms with van der Waals surface area (Å²) in [5, 5.41) is 34.7. The number of carboxylic acids is 1. The van der Waals surface area contributed by atoms with Crippen molar-refractivity contribution in [3.05, 3.63) is 29.8 Å². The van der Waals surface area contributed by atoms with E-state index in [-0.39, 0.29) is 30.8 Å². The minimum atomic E-state index is -1.53. The molecule has 0 aliphatic carbocycles. The number of primary amides is 1. The number of aliphatic hydroxyl groups excluding tert-OH is 1. The lowest BCUT2D eigenvalue weighted by atomic mass is 10.1. The number of nitrogens with one attached hydrogen (secondary N) is 3. The highest BCUT2D eigenvalue weighted by atomic mass is 32.1. The number of rotatable bonds is 14. The SMILES string of the molecule is NC(=O)CCC(NC(=O)C(CO)NC(=O)C(CS)NC(=O)C(N)Cc1ccc(O)cc1)C(=O)O. The van der Waals surface area contributed by atoms with E-state index >= 15 is 0 Å². The van der Waals surface area contributed by atoms with Gasteiger partial charge in [-0.3, -0.25) is 19.2 Å². The fraction of sp³-hybridized carbons (Fsp3) is 0.450. The van der Waals surface area contributed by atoms with Crippen molar-refractivity contribution in [3.8, 4) is 5.75 Å². The molecule has 0 fully saturated rings. The molecule has 34 heavy (non-hydrogen) atoms. The van der Waals surface area contributed by atoms with Gasteiger partial charge in [-0.05, 0) is 30.5 Å². The van der Waals surface area contributed by atoms with Crippen LogP contribution in [0.15, 0.2) is 24.3 Å². The second-order valence-electron chi connectivity index (χ2n) is 7.37. The summed E-state index contributed by atoms with van der Waals surface area (Å²) < 4.78 is 0. The van der Waals surface area contributed by atoms with Crippen molar-refractivity contribution in [1.29, 1.82) is 0 Å². The summed E-state index contributed by atoms with van der Waals surface area (Å²) in [5.74, 6) is -4.86. The van der Waals surface area contributed by atoms with Crippen LogP contribution in [0.3, 0.4) is 0 Å². The molecule has 0 saturated heterocycles. The highest BCUT2D eigenvalue weighted by Crippen LogP contribution is 2.11. The summed E-state index contributed by atoms with van der Waals surface area (Å²) in [6, 6.07) is 0.802. The van der Waals surface area contributed by atoms with E-state index in [9.17, 15) is 34.2 Å². The molecule has 4 unspecified atom stereocenters. The lowest BCUT2D eigenvalue weighted by molar-refractivity contribution is -0.143. The minimum Gasteiger partial charge on any atom is -0.508 e. The van der Waals surface area contributed by atoms with Crippen LogP contribution in [0.1, 0.15) is 18.4 Å². The van der Waals surface area contributed by atoms with Crippen LogP contribution >= 0.6 is 12.6 Å². The fourth-order valence-corrected chi connectivity index (χ4v) is 2.99. The van der Waals surface area contributed by atoms with Crippen molar-refractivity contribution in [3.63, 3.8) is 0 Å². The first-order valence-corrected chi connectivity index (χ1v) is 10.8. The van der Waals surface area contributed by atoms with Crippen LogP contribution in [0, 0.1) is 0 Å². The van der Waals surface area contributed by atoms with E-state index in [1.807, 2.05) is 0 Å². The number of aliphatic hydroxyl groups is 1. The molecular formula is C20H29N5O8S. The Morgan fingerprint density at radius 1 is 0.912 bits per heavy atom. The molecule has 0 aliphatic rings. The van der Waals surface area contributed by atoms with Gasteiger partial charge in [0.15, 0.2) is 0 Å². The van der Waals surface area contributed by atoms with Crippen molar-refractivity contribution in [2.75, 3.05) is 12.4 Å². The van der Waals surface area contributed by atoms with Gasteiger partial charge in [0, 0.05) is 12.2 Å². The first-order chi connectivity index (χ1) is 16.0. The van der Waals surface area contributed by atoms with Gasteiger partial charge in [0.05, 0.1) is 12.6 Å². The zero-order valence-electron chi connectivity index (χ0n) is 18.1. The normalized spacial score (nSPS) is 14.2. The Kier molecular flexibility index (Phi) is 11.8. The average molecular weight is 500 g/mol. The van der Waals surface area contributed by atoms with Crippen molar-refractivity contribution in [2.24, 2.45) is 11.5 Å². The number of carboxylic acid groups (broad SMARTS) is 1. The maximum atomic E-state index is 12.5. The molecule has 0 aliphatic heterocycles. The summed E-state index contributed by atoms with van der Waals surface area (Å²) in [7, 11) is 0. The molecule has 1 aromatic rings. The fourth-order valence-electron chi connectivity index (χ4n) is 2.73. The molecule has 0 bridgehead atoms. The maximum Gasteiger partial charge on any atom is 0.326 e. The molecule has 1 rings (SSSR count). The van der Waals surface area contributed by atoms with Crippen molar-refractivity contribution in [1.82, 2.24) is 16.0 Å². The molecule has 14 heteroatoms. The van der Waals surface area contributed by atoms with Crippen LogP contribution in [0.5, 0.6) is 5.75 Å². The van der Waals surface area contributed by atoms with Gasteiger partial charge in [-0.1, -0.05) is 12.1 Å². The molecule has 0 heterocycles. The molecule has 0 aromatic heterocycles. The molecule has 13 nitrogen and oxygen atoms in total. The van der Waals surface area contributed by atoms with Gasteiger partial charge < -0.3 is 42.7 Å². The van der Waals surface area contributed by atoms with Crippen molar-refractivity contribution < 1.29 is 39.3 Å². The van der Waals surface area contributed by atoms with E-state index in [0.717, 1.165) is 0 Å². The number of aliphatic carboxylic acids is 1. The zero-order valence-corrected chi connectivity index (χ0v) is 19.0. The van der Waals surface area contributed by atoms with Crippen LogP contribution in [0.2, 0.25) is 0 Å². The third-order valence-electron chi connectivity index (χ3n) is 4.65. The van der Waals surface area contributed by atoms with E-state index in [0.29, 0.717) is 5.56 Å². The maximum absolute atomic E-state index is 12.5. The third-order valence-corrected chi connectivity index (χ3v) is 5.02. The summed E-state index contributed by atoms with van der Waals surface area (Å²) in [6.07, 6.45) is -0.459. The topological polar surface area (TPSA) is 234 Å². The summed E-state index contributed by atoms with van der Waals surface area (Å²) in [5.41, 5.74) is 11.5. The molecule has 0 saturated carbocycles. The van der Waals surface area contributed by atoms with Gasteiger partial charge >= 0.3 is 5.97 Å². The van der Waals surface area contributed by atoms with E-state index in [2.05, 4.69) is 28.6 Å². The van der Waals surface area contributed by atoms with Gasteiger partial charge in [0.2, 0.25) is 23.6 Å². The van der Waals surface area contributed by atoms with E-state index in [1.54, 1.807) is 12.1 Å². The number of benzene rings is 1. The number of hydrogen-bond donors (Lipinski definition) is 9. The number of amides is 4. The second-order valence-corrected chi connectivity index (χ2v) is 7.73. The second kappa shape index (κ2) is 14.0. The average Bonchev–Trinajstić information content (AvgIpc) is 2.78. The number of aromatic hydroxyl groups is 1. The number of carbonyl (C=O) groups excluding carboxylic acids is 4. The predicted octanol–water partition coefficient (Wildman–Crippen LogP) is -3.01. The van der Waals surface area contributed by atoms with Crippen molar-refractivity contribution in [2.45, 2.75) is 43.4 Å². The Morgan fingerprint density at radius 3 is 1.94 bits per heavy atom. The van der Waals surface area contributed by atoms with Crippen LogP contribution in [0.25, 0.3) is 0 Å². The van der Waals surface area contributed by atoms with Gasteiger partial charge in [0.1, 0.15) is 23.9 Å². The number of thiol groups is 1. The molecule has 10 N–H and O–H groups in total. The smallest absolute Gasteiger partial charge is 0.326 e. The molecule has 4 amide bonds. The number of carbonyl (C=O) groups is 5. The van der Waals surface area contributed by atoms with Gasteiger partial charge in [-0.15, -0.1) is 0 Å². The lowest BCUT2D eigenvalue weighted by Crippen LogP contribution is -2.58. The minimum absolute atomic E-state index is 0.0543. The van der Waals surface area contributed by atoms with Crippen molar-refractivity contribution >= 4 is 42.2 Å². The summed E-state index contributed by atoms with van der Waals surface area (Å²) in [4.78, 5) is 59.4. The Hall–Kier alpha value is -3.36. The van der Waals surface area contributed by atoms with Gasteiger partial charge in [-0.25, -0.2) is 4.79 Å². The number of hydrogen-bond acceptors (Lipinski definition) is 9. The van der Waals surface area contributed by atoms with Crippen LogP contribution in [-0.2, 0) is 30.4 Å². The highest BCUT2D eigenvalue weighted by molar-refractivity contribution is 7.80. The number of phenolic OH excluding ortho intramolecular Hbond substituents is 1. The third kappa shape index (κ3) is 9.64. The number of nitrogens with two attached hydrogens (primary N) is 2. The largest absolute Gasteiger partial charge is 0.508 e. The van der Waals surface area contributed by atoms with Gasteiger partial charge in [-0.2, -0.15) is 12.6 Å². The molecule has 0 spiro atoms. The van der Waals surface area contributed by atoms with Crippen LogP contribution < -0.4 is 27.4 Å².